The molecule has 316 valence electrons. The van der Waals surface area contributed by atoms with Gasteiger partial charge in [0.25, 0.3) is 5.91 Å². The lowest BCUT2D eigenvalue weighted by Crippen LogP contribution is -2.29. The lowest BCUT2D eigenvalue weighted by atomic mass is 10.2. The van der Waals surface area contributed by atoms with Crippen molar-refractivity contribution in [3.8, 4) is 5.75 Å². The van der Waals surface area contributed by atoms with E-state index in [0.29, 0.717) is 62.4 Å². The van der Waals surface area contributed by atoms with Crippen LogP contribution in [0.3, 0.4) is 0 Å². The van der Waals surface area contributed by atoms with Gasteiger partial charge in [-0.3, -0.25) is 9.59 Å². The van der Waals surface area contributed by atoms with E-state index in [4.69, 9.17) is 61.7 Å². The average molecular weight is 862 g/mol. The number of azide groups is 1. The van der Waals surface area contributed by atoms with Gasteiger partial charge in [-0.1, -0.05) is 54.4 Å². The van der Waals surface area contributed by atoms with Gasteiger partial charge in [-0.15, -0.1) is 0 Å². The Morgan fingerprint density at radius 2 is 1.62 bits per heavy atom. The molecule has 55 heavy (non-hydrogen) atoms. The summed E-state index contributed by atoms with van der Waals surface area (Å²) in [5.74, 6) is 0.378. The highest BCUT2D eigenvalue weighted by Crippen LogP contribution is 2.34. The second kappa shape index (κ2) is 38.0. The number of ether oxygens (including phenoxy) is 6. The SMILES string of the molecule is CC(C)(CN)SSCOCCOC(=O)O.NCCSSCOCCCCC(=O)O.[N-]=[N+]=NC(COc1cccc(C(=O)NCCN)c1)OCCOCC(=O)O. The Morgan fingerprint density at radius 1 is 0.909 bits per heavy atom. The molecule has 0 saturated heterocycles. The molecule has 1 atom stereocenters. The van der Waals surface area contributed by atoms with E-state index in [9.17, 15) is 19.2 Å². The van der Waals surface area contributed by atoms with E-state index in [2.05, 4.69) is 33.9 Å². The number of carboxylic acids is 2. The minimum Gasteiger partial charge on any atom is -0.491 e. The molecule has 20 nitrogen and oxygen atoms in total. The fourth-order valence-corrected chi connectivity index (χ4v) is 6.62. The predicted molar refractivity (Wildman–Crippen MR) is 215 cm³/mol. The number of hydrogen-bond donors (Lipinski definition) is 7. The number of unbranched alkanes of at least 4 members (excludes halogenated alkanes) is 1. The Morgan fingerprint density at radius 3 is 2.25 bits per heavy atom. The molecule has 0 heterocycles. The van der Waals surface area contributed by atoms with Gasteiger partial charge in [-0.05, 0) is 50.4 Å². The number of nitrogens with zero attached hydrogens (tertiary/aromatic N) is 3. The molecule has 0 bridgehead atoms. The molecular weight excluding hydrogens is 807 g/mol. The molecule has 0 aromatic heterocycles. The van der Waals surface area contributed by atoms with Crippen LogP contribution in [0.25, 0.3) is 10.4 Å². The minimum atomic E-state index is -1.27. The topological polar surface area (TPSA) is 323 Å². The van der Waals surface area contributed by atoms with Crippen LogP contribution in [-0.2, 0) is 33.3 Å². The van der Waals surface area contributed by atoms with E-state index in [1.807, 2.05) is 0 Å². The molecule has 1 aromatic rings. The number of carboxylic acid groups (broad SMARTS) is 3. The van der Waals surface area contributed by atoms with Crippen LogP contribution < -0.4 is 27.3 Å². The maximum absolute atomic E-state index is 11.9. The van der Waals surface area contributed by atoms with Crippen molar-refractivity contribution >= 4 is 67.2 Å². The Bertz CT molecular complexity index is 1220. The molecule has 1 unspecified atom stereocenters. The molecular formula is C31H55N7O13S4. The third-order valence-electron chi connectivity index (χ3n) is 5.57. The first-order valence-corrected chi connectivity index (χ1v) is 21.5. The molecule has 0 spiro atoms. The average Bonchev–Trinajstić information content (AvgIpc) is 3.15. The van der Waals surface area contributed by atoms with Gasteiger partial charge in [-0.2, -0.15) is 0 Å². The zero-order valence-electron chi connectivity index (χ0n) is 31.0. The Balaban J connectivity index is 0. The largest absolute Gasteiger partial charge is 0.505 e. The number of benzene rings is 1. The lowest BCUT2D eigenvalue weighted by Gasteiger charge is -2.20. The number of nitrogens with one attached hydrogen (secondary N) is 1. The summed E-state index contributed by atoms with van der Waals surface area (Å²) < 4.78 is 30.3. The van der Waals surface area contributed by atoms with E-state index in [1.54, 1.807) is 61.4 Å². The van der Waals surface area contributed by atoms with Crippen LogP contribution in [0.1, 0.15) is 43.5 Å². The van der Waals surface area contributed by atoms with Crippen LogP contribution in [0.2, 0.25) is 0 Å². The standard InChI is InChI=1S/C15H21N5O6.C8H17NO4S2.C8H17NO3S2/c16-4-5-18-15(23)11-2-1-3-12(8-11)26-9-13(19-20-17)25-7-6-24-10-14(21)22;1-8(2,5-9)15-14-6-12-3-4-13-7(10)11;9-4-6-13-14-7-12-5-2-1-3-8(10)11/h1-3,8,13H,4-7,9-10,16H2,(H,18,23)(H,21,22);3-6,9H2,1-2H3,(H,10,11);1-7,9H2,(H,10,11). The molecule has 0 aliphatic rings. The molecule has 0 aliphatic heterocycles. The summed E-state index contributed by atoms with van der Waals surface area (Å²) >= 11 is 0. The van der Waals surface area contributed by atoms with Gasteiger partial charge < -0.3 is 66.3 Å². The first-order chi connectivity index (χ1) is 26.3. The van der Waals surface area contributed by atoms with Gasteiger partial charge in [0.05, 0.1) is 19.8 Å². The number of aliphatic carboxylic acids is 2. The highest BCUT2D eigenvalue weighted by atomic mass is 33.1. The van der Waals surface area contributed by atoms with Crippen molar-refractivity contribution in [3.05, 3.63) is 40.3 Å². The Kier molecular flexibility index (Phi) is 37.5. The van der Waals surface area contributed by atoms with Gasteiger partial charge in [0.2, 0.25) is 0 Å². The number of nitrogens with two attached hydrogens (primary N) is 3. The van der Waals surface area contributed by atoms with Crippen molar-refractivity contribution in [1.29, 1.82) is 0 Å². The summed E-state index contributed by atoms with van der Waals surface area (Å²) in [7, 11) is 6.54. The summed E-state index contributed by atoms with van der Waals surface area (Å²) in [6.45, 7) is 6.63. The quantitative estimate of drug-likeness (QED) is 0.0106. The lowest BCUT2D eigenvalue weighted by molar-refractivity contribution is -0.143. The summed E-state index contributed by atoms with van der Waals surface area (Å²) in [5, 5.41) is 31.0. The summed E-state index contributed by atoms with van der Waals surface area (Å²) in [4.78, 5) is 45.0. The van der Waals surface area contributed by atoms with E-state index in [1.165, 1.54) is 6.07 Å². The first kappa shape index (κ1) is 54.2. The van der Waals surface area contributed by atoms with Gasteiger partial charge in [-0.25, -0.2) is 9.59 Å². The first-order valence-electron chi connectivity index (χ1n) is 16.7. The van der Waals surface area contributed by atoms with Gasteiger partial charge in [0, 0.05) is 60.2 Å². The van der Waals surface area contributed by atoms with E-state index < -0.39 is 30.9 Å². The molecule has 0 saturated carbocycles. The van der Waals surface area contributed by atoms with Crippen molar-refractivity contribution in [2.24, 2.45) is 22.3 Å². The number of carbonyl (C=O) groups excluding carboxylic acids is 1. The van der Waals surface area contributed by atoms with Crippen molar-refractivity contribution in [3.63, 3.8) is 0 Å². The maximum atomic E-state index is 11.9. The van der Waals surface area contributed by atoms with Gasteiger partial charge >= 0.3 is 18.1 Å². The smallest absolute Gasteiger partial charge is 0.491 e. The van der Waals surface area contributed by atoms with Crippen molar-refractivity contribution in [2.45, 2.75) is 44.1 Å². The van der Waals surface area contributed by atoms with Crippen LogP contribution in [0.4, 0.5) is 4.79 Å². The number of hydrogen-bond acceptors (Lipinski definition) is 18. The number of rotatable bonds is 31. The second-order valence-corrected chi connectivity index (χ2v) is 16.3. The summed E-state index contributed by atoms with van der Waals surface area (Å²) in [6, 6.07) is 6.45. The molecule has 0 aliphatic carbocycles. The normalized spacial score (nSPS) is 11.1. The number of amides is 1. The van der Waals surface area contributed by atoms with Crippen LogP contribution in [0.5, 0.6) is 5.75 Å². The van der Waals surface area contributed by atoms with Gasteiger partial charge in [0.15, 0.2) is 6.23 Å². The summed E-state index contributed by atoms with van der Waals surface area (Å²) in [6.07, 6.45) is -0.462. The fraction of sp³-hybridized carbons (Fsp3) is 0.677. The molecule has 0 fully saturated rings. The minimum absolute atomic E-state index is 0.0283. The van der Waals surface area contributed by atoms with Crippen LogP contribution in [0, 0.1) is 0 Å². The van der Waals surface area contributed by atoms with Crippen LogP contribution in [0.15, 0.2) is 29.4 Å². The highest BCUT2D eigenvalue weighted by molar-refractivity contribution is 8.77. The van der Waals surface area contributed by atoms with Gasteiger partial charge in [0.1, 0.15) is 37.4 Å². The zero-order chi connectivity index (χ0) is 41.6. The van der Waals surface area contributed by atoms with E-state index in [-0.39, 0.29) is 50.1 Å². The fourth-order valence-electron chi connectivity index (χ4n) is 2.97. The van der Waals surface area contributed by atoms with Crippen molar-refractivity contribution < 1.29 is 62.9 Å². The molecule has 1 amide bonds. The monoisotopic (exact) mass is 861 g/mol. The van der Waals surface area contributed by atoms with Crippen LogP contribution in [-0.4, -0.2) is 140 Å². The summed E-state index contributed by atoms with van der Waals surface area (Å²) in [5.41, 5.74) is 25.1. The third kappa shape index (κ3) is 39.2. The highest BCUT2D eigenvalue weighted by Gasteiger charge is 2.16. The van der Waals surface area contributed by atoms with Crippen molar-refractivity contribution in [1.82, 2.24) is 5.32 Å². The molecule has 0 radical (unpaired) electrons. The molecule has 24 heteroatoms. The molecule has 1 rings (SSSR count). The second-order valence-electron chi connectivity index (χ2n) is 10.8. The van der Waals surface area contributed by atoms with E-state index in [0.717, 1.165) is 12.2 Å². The molecule has 1 aromatic carbocycles. The van der Waals surface area contributed by atoms with E-state index >= 15 is 0 Å². The maximum Gasteiger partial charge on any atom is 0.505 e. The Labute approximate surface area is 336 Å². The van der Waals surface area contributed by atoms with Crippen molar-refractivity contribution in [2.75, 3.05) is 90.1 Å². The Hall–Kier alpha value is -2.87. The number of carbonyl (C=O) groups is 4. The van der Waals surface area contributed by atoms with Crippen LogP contribution >= 0.6 is 43.2 Å². The predicted octanol–water partition coefficient (Wildman–Crippen LogP) is 3.84. The molecule has 10 N–H and O–H groups in total. The third-order valence-corrected chi connectivity index (χ3v) is 10.7. The zero-order valence-corrected chi connectivity index (χ0v) is 34.3.